The second-order valence-corrected chi connectivity index (χ2v) is 19.9. The molecule has 26 nitrogen and oxygen atoms in total. The Hall–Kier alpha value is -9.75. The summed E-state index contributed by atoms with van der Waals surface area (Å²) in [7, 11) is 0. The summed E-state index contributed by atoms with van der Waals surface area (Å²) >= 11 is 0. The van der Waals surface area contributed by atoms with Crippen molar-refractivity contribution in [1.29, 1.82) is 0 Å². The van der Waals surface area contributed by atoms with Crippen LogP contribution in [0.2, 0.25) is 0 Å². The van der Waals surface area contributed by atoms with Crippen molar-refractivity contribution in [2.75, 3.05) is 22.5 Å². The van der Waals surface area contributed by atoms with Crippen LogP contribution in [-0.4, -0.2) is 105 Å². The van der Waals surface area contributed by atoms with Gasteiger partial charge < -0.3 is 16.0 Å². The second-order valence-electron chi connectivity index (χ2n) is 19.9. The van der Waals surface area contributed by atoms with E-state index in [1.54, 1.807) is 60.6 Å². The van der Waals surface area contributed by atoms with Gasteiger partial charge in [-0.2, -0.15) is 44.9 Å². The Morgan fingerprint density at radius 3 is 0.899 bits per heavy atom. The van der Waals surface area contributed by atoms with Crippen LogP contribution in [0.25, 0.3) is 67.0 Å². The molecule has 4 heterocycles. The molecule has 0 saturated carbocycles. The second kappa shape index (κ2) is 24.5. The minimum atomic E-state index is -0.879. The van der Waals surface area contributed by atoms with Crippen molar-refractivity contribution >= 4 is 96.4 Å². The maximum atomic E-state index is 14.2. The number of H-pyrrole nitrogens is 6. The number of aromatic nitrogens is 15. The number of carbonyl (C=O) groups excluding carboxylic acids is 2. The minimum Gasteiger partial charge on any atom is -0.354 e. The zero-order valence-corrected chi connectivity index (χ0v) is 45.3. The standard InChI is InChI=1S/C53H60N18O8/c1-12-54-45-63-48-57-39(74)31-14-28(13-23(2)3)15-32(20-31)40(75)58-50-65-46(55-26(8)9)66-51(70-50)60-43(78)35-18-30(38(73)25(6)7)19-36(22-35)44(79)62-53-68-47(56-27(10)11)67-52(71-53)61-42(77)34-17-29(37(72)24(4)5)16-33(21-34)41(76)59-49(64-45)69-48/h14-27H,12-13H2,1-11H3,(H3,54,57,59,63,64,69,74,76)(H3,55,58,60,65,66,70,75,78)(H3,56,61,62,67,68,71,77,79). The molecule has 410 valence electrons. The van der Waals surface area contributed by atoms with Gasteiger partial charge in [0.15, 0.2) is 11.6 Å². The van der Waals surface area contributed by atoms with E-state index >= 15 is 0 Å². The van der Waals surface area contributed by atoms with Crippen LogP contribution in [0.5, 0.6) is 0 Å². The number of carbonyl (C=O) groups is 2. The number of Topliss-reactive ketones (excluding diaryl/α,β-unsaturated/α-hetero) is 2. The molecule has 7 rings (SSSR count). The van der Waals surface area contributed by atoms with Crippen molar-refractivity contribution in [1.82, 2.24) is 74.8 Å². The number of ketones is 2. The first-order valence-electron chi connectivity index (χ1n) is 25.4. The fourth-order valence-corrected chi connectivity index (χ4v) is 7.66. The highest BCUT2D eigenvalue weighted by molar-refractivity contribution is 6.01. The van der Waals surface area contributed by atoms with E-state index in [1.807, 2.05) is 27.7 Å². The summed E-state index contributed by atoms with van der Waals surface area (Å²) in [4.78, 5) is 167. The normalized spacial score (nSPS) is 11.3. The summed E-state index contributed by atoms with van der Waals surface area (Å²) in [5.41, 5.74) is -4.34. The molecule has 3 aromatic carbocycles. The van der Waals surface area contributed by atoms with Crippen LogP contribution in [0.15, 0.2) is 83.4 Å². The molecule has 0 aliphatic heterocycles. The predicted octanol–water partition coefficient (Wildman–Crippen LogP) is 5.30. The molecule has 0 aliphatic carbocycles. The van der Waals surface area contributed by atoms with Crippen LogP contribution >= 0.6 is 0 Å². The number of benzene rings is 3. The molecule has 0 fully saturated rings. The highest BCUT2D eigenvalue weighted by Gasteiger charge is 2.15. The van der Waals surface area contributed by atoms with Gasteiger partial charge in [0.1, 0.15) is 0 Å². The van der Waals surface area contributed by atoms with E-state index in [2.05, 4.69) is 90.7 Å². The number of aromatic amines is 6. The van der Waals surface area contributed by atoms with Gasteiger partial charge in [-0.3, -0.25) is 68.3 Å². The predicted molar refractivity (Wildman–Crippen MR) is 303 cm³/mol. The van der Waals surface area contributed by atoms with Crippen molar-refractivity contribution in [3.05, 3.63) is 133 Å². The van der Waals surface area contributed by atoms with Crippen LogP contribution < -0.4 is 49.3 Å². The maximum Gasteiger partial charge on any atom is 0.258 e. The average Bonchev–Trinajstić information content (AvgIpc) is 3.41. The van der Waals surface area contributed by atoms with Crippen LogP contribution in [0.4, 0.5) is 17.8 Å². The molecule has 12 bridgehead atoms. The van der Waals surface area contributed by atoms with Crippen LogP contribution in [0, 0.1) is 17.8 Å². The quantitative estimate of drug-likeness (QED) is 0.0701. The molecule has 26 heteroatoms. The van der Waals surface area contributed by atoms with Gasteiger partial charge in [0, 0.05) is 73.9 Å². The third-order valence-electron chi connectivity index (χ3n) is 11.1. The first kappa shape index (κ1) is 57.0. The van der Waals surface area contributed by atoms with E-state index in [0.29, 0.717) is 18.5 Å². The lowest BCUT2D eigenvalue weighted by Gasteiger charge is -2.07. The SMILES string of the molecule is CCNc1nc2nc(n1)[nH]c(=O)c1cc(C(=O)C(C)C)cc(c1)c(=O)[nH]c1nc(NC(C)C)nc(n1)[nH]c(=O)c1cc(C(=O)C(C)C)cc(c1)c(=O)[nH]c1nc(NC(C)C)nc(n1)[nH]c(=O)c1cc(CC(C)C)cc(c1)c(=O)[nH]2. The molecule has 0 radical (unpaired) electrons. The van der Waals surface area contributed by atoms with Gasteiger partial charge in [-0.15, -0.1) is 0 Å². The van der Waals surface area contributed by atoms with E-state index in [1.165, 1.54) is 42.5 Å². The lowest BCUT2D eigenvalue weighted by Crippen LogP contribution is -2.16. The Bertz CT molecular complexity index is 4290. The summed E-state index contributed by atoms with van der Waals surface area (Å²) in [6.07, 6.45) is 0.452. The lowest BCUT2D eigenvalue weighted by molar-refractivity contribution is 0.0932. The molecule has 0 aliphatic rings. The Morgan fingerprint density at radius 1 is 0.392 bits per heavy atom. The van der Waals surface area contributed by atoms with Crippen LogP contribution in [0.1, 0.15) is 102 Å². The number of anilines is 3. The molecule has 0 atom stereocenters. The topological polar surface area (TPSA) is 383 Å². The third kappa shape index (κ3) is 15.0. The molecule has 4 aromatic heterocycles. The van der Waals surface area contributed by atoms with Gasteiger partial charge in [-0.25, -0.2) is 0 Å². The van der Waals surface area contributed by atoms with Crippen molar-refractivity contribution in [3.8, 4) is 0 Å². The Kier molecular flexibility index (Phi) is 17.7. The fraction of sp³-hybridized carbons (Fsp3) is 0.340. The fourth-order valence-electron chi connectivity index (χ4n) is 7.66. The highest BCUT2D eigenvalue weighted by atomic mass is 16.2. The molecule has 79 heavy (non-hydrogen) atoms. The van der Waals surface area contributed by atoms with E-state index in [-0.39, 0.29) is 114 Å². The van der Waals surface area contributed by atoms with E-state index in [0.717, 1.165) is 0 Å². The molecule has 7 aromatic rings. The zero-order valence-electron chi connectivity index (χ0n) is 45.3. The molecular weight excluding hydrogens is 1020 g/mol. The molecule has 0 saturated heterocycles. The van der Waals surface area contributed by atoms with Crippen molar-refractivity contribution in [2.45, 2.75) is 94.7 Å². The molecular formula is C53H60N18O8. The van der Waals surface area contributed by atoms with Gasteiger partial charge in [-0.05, 0) is 107 Å². The first-order valence-corrected chi connectivity index (χ1v) is 25.4. The number of rotatable bonds is 12. The zero-order chi connectivity index (χ0) is 57.4. The number of hydrogen-bond donors (Lipinski definition) is 9. The van der Waals surface area contributed by atoms with Crippen molar-refractivity contribution in [3.63, 3.8) is 0 Å². The molecule has 9 N–H and O–H groups in total. The van der Waals surface area contributed by atoms with Gasteiger partial charge in [0.25, 0.3) is 33.4 Å². The Balaban J connectivity index is 1.70. The molecule has 0 amide bonds. The average molecular weight is 1080 g/mol. The van der Waals surface area contributed by atoms with Gasteiger partial charge in [0.05, 0.1) is 0 Å². The molecule has 0 spiro atoms. The number of hydrogen-bond acceptors (Lipinski definition) is 20. The maximum absolute atomic E-state index is 14.2. The highest BCUT2D eigenvalue weighted by Crippen LogP contribution is 2.16. The lowest BCUT2D eigenvalue weighted by atomic mass is 9.99. The summed E-state index contributed by atoms with van der Waals surface area (Å²) < 4.78 is 0. The van der Waals surface area contributed by atoms with Crippen LogP contribution in [-0.2, 0) is 6.42 Å². The van der Waals surface area contributed by atoms with Gasteiger partial charge in [-0.1, -0.05) is 41.5 Å². The van der Waals surface area contributed by atoms with Crippen molar-refractivity contribution in [2.24, 2.45) is 17.8 Å². The van der Waals surface area contributed by atoms with Gasteiger partial charge >= 0.3 is 0 Å². The van der Waals surface area contributed by atoms with Crippen molar-refractivity contribution < 1.29 is 9.59 Å². The van der Waals surface area contributed by atoms with Crippen LogP contribution in [0.3, 0.4) is 0 Å². The van der Waals surface area contributed by atoms with E-state index in [4.69, 9.17) is 0 Å². The number of nitrogens with one attached hydrogen (secondary N) is 9. The third-order valence-corrected chi connectivity index (χ3v) is 11.1. The van der Waals surface area contributed by atoms with Gasteiger partial charge in [0.2, 0.25) is 52.5 Å². The largest absolute Gasteiger partial charge is 0.354 e. The summed E-state index contributed by atoms with van der Waals surface area (Å²) in [5.74, 6) is -4.00. The smallest absolute Gasteiger partial charge is 0.258 e. The number of fused-ring (bicyclic) bond motifs is 12. The van der Waals surface area contributed by atoms with E-state index in [9.17, 15) is 38.4 Å². The number of nitrogens with zero attached hydrogens (tertiary/aromatic N) is 9. The Labute approximate surface area is 447 Å². The Morgan fingerprint density at radius 2 is 0.658 bits per heavy atom. The van der Waals surface area contributed by atoms with E-state index < -0.39 is 56.8 Å². The molecule has 0 unspecified atom stereocenters. The monoisotopic (exact) mass is 1080 g/mol. The summed E-state index contributed by atoms with van der Waals surface area (Å²) in [6, 6.07) is 11.6. The first-order chi connectivity index (χ1) is 37.4. The minimum absolute atomic E-state index is 0.00412. The summed E-state index contributed by atoms with van der Waals surface area (Å²) in [6.45, 7) is 19.8. The summed E-state index contributed by atoms with van der Waals surface area (Å²) in [5, 5.41) is 8.32.